The van der Waals surface area contributed by atoms with Crippen LogP contribution in [0.2, 0.25) is 5.02 Å². The number of amides is 3. The molecule has 3 unspecified atom stereocenters. The average Bonchev–Trinajstić information content (AvgIpc) is 3.03. The van der Waals surface area contributed by atoms with Gasteiger partial charge in [0, 0.05) is 21.2 Å². The Bertz CT molecular complexity index is 1710. The van der Waals surface area contributed by atoms with Gasteiger partial charge in [-0.05, 0) is 54.1 Å². The molecule has 3 atom stereocenters. The Morgan fingerprint density at radius 1 is 0.884 bits per heavy atom. The predicted octanol–water partition coefficient (Wildman–Crippen LogP) is 8.83. The Morgan fingerprint density at radius 2 is 1.65 bits per heavy atom. The number of methoxy groups -OCH3 is 1. The third-order valence-corrected chi connectivity index (χ3v) is 9.91. The summed E-state index contributed by atoms with van der Waals surface area (Å²) < 4.78 is 5.23. The summed E-state index contributed by atoms with van der Waals surface area (Å²) >= 11 is 9.47. The number of ether oxygens (including phenoxy) is 1. The number of hydrogen-bond acceptors (Lipinski definition) is 5. The molecule has 4 aromatic rings. The van der Waals surface area contributed by atoms with Crippen LogP contribution in [0.1, 0.15) is 10.8 Å². The number of para-hydroxylation sites is 1. The molecule has 4 aromatic carbocycles. The van der Waals surface area contributed by atoms with Crippen LogP contribution in [0, 0.1) is 0 Å². The number of urea groups is 1. The zero-order valence-electron chi connectivity index (χ0n) is 23.1. The highest BCUT2D eigenvalue weighted by atomic mass is 35.5. The number of halogens is 1. The van der Waals surface area contributed by atoms with Crippen molar-refractivity contribution in [1.29, 1.82) is 0 Å². The summed E-state index contributed by atoms with van der Waals surface area (Å²) in [5.41, 5.74) is 2.95. The Kier molecular flexibility index (Phi) is 8.79. The summed E-state index contributed by atoms with van der Waals surface area (Å²) in [7, 11) is 1.55. The van der Waals surface area contributed by atoms with Crippen molar-refractivity contribution < 1.29 is 14.3 Å². The van der Waals surface area contributed by atoms with Crippen molar-refractivity contribution >= 4 is 64.1 Å². The normalized spacial score (nSPS) is 17.4. The van der Waals surface area contributed by atoms with Crippen LogP contribution >= 0.6 is 35.1 Å². The average molecular weight is 626 g/mol. The minimum Gasteiger partial charge on any atom is -0.495 e. The minimum absolute atomic E-state index is 0.0972. The van der Waals surface area contributed by atoms with E-state index >= 15 is 0 Å². The van der Waals surface area contributed by atoms with Gasteiger partial charge in [-0.15, -0.1) is 23.5 Å². The Morgan fingerprint density at radius 3 is 2.47 bits per heavy atom. The van der Waals surface area contributed by atoms with Gasteiger partial charge in [0.1, 0.15) is 11.0 Å². The van der Waals surface area contributed by atoms with E-state index in [1.165, 1.54) is 11.8 Å². The van der Waals surface area contributed by atoms with Crippen LogP contribution in [0.5, 0.6) is 5.75 Å². The molecule has 6 nitrogen and oxygen atoms in total. The van der Waals surface area contributed by atoms with Gasteiger partial charge in [-0.3, -0.25) is 9.69 Å². The fourth-order valence-corrected chi connectivity index (χ4v) is 7.64. The second-order valence-corrected chi connectivity index (χ2v) is 12.7. The van der Waals surface area contributed by atoms with Gasteiger partial charge in [-0.2, -0.15) is 0 Å². The standard InChI is InChI=1S/C34H28ClN3O3S2/c1-41-29-19-18-24(21-26(29)35)36-33(39)32(22-10-3-2-4-11-22)42-25-13-9-12-23(20-25)37-34(40)38-27-14-5-7-16-30(27)43-31-17-8-6-15-28(31)38/h2-21,27,30,32H,1H3,(H,36,39)(H,37,40). The number of carbonyl (C=O) groups is 2. The van der Waals surface area contributed by atoms with E-state index in [1.807, 2.05) is 89.8 Å². The molecule has 0 bridgehead atoms. The van der Waals surface area contributed by atoms with E-state index in [2.05, 4.69) is 28.9 Å². The summed E-state index contributed by atoms with van der Waals surface area (Å²) in [4.78, 5) is 31.1. The molecule has 0 saturated heterocycles. The summed E-state index contributed by atoms with van der Waals surface area (Å²) in [6, 6.07) is 30.0. The van der Waals surface area contributed by atoms with Crippen molar-refractivity contribution in [3.8, 4) is 5.75 Å². The lowest BCUT2D eigenvalue weighted by atomic mass is 10.1. The largest absolute Gasteiger partial charge is 0.495 e. The van der Waals surface area contributed by atoms with Gasteiger partial charge in [0.2, 0.25) is 5.91 Å². The number of rotatable bonds is 7. The summed E-state index contributed by atoms with van der Waals surface area (Å²) in [5.74, 6) is 0.336. The fourth-order valence-electron chi connectivity index (χ4n) is 5.04. The smallest absolute Gasteiger partial charge is 0.326 e. The minimum atomic E-state index is -0.557. The van der Waals surface area contributed by atoms with Crippen molar-refractivity contribution in [3.05, 3.63) is 132 Å². The number of nitrogens with zero attached hydrogens (tertiary/aromatic N) is 1. The highest BCUT2D eigenvalue weighted by Crippen LogP contribution is 2.44. The molecule has 0 fully saturated rings. The number of carbonyl (C=O) groups excluding carboxylic acids is 2. The predicted molar refractivity (Wildman–Crippen MR) is 178 cm³/mol. The van der Waals surface area contributed by atoms with E-state index in [0.29, 0.717) is 22.1 Å². The molecule has 3 amide bonds. The Labute approximate surface area is 264 Å². The second kappa shape index (κ2) is 13.0. The summed E-state index contributed by atoms with van der Waals surface area (Å²) in [5, 5.41) is 6.08. The van der Waals surface area contributed by atoms with E-state index in [0.717, 1.165) is 21.0 Å². The lowest BCUT2D eigenvalue weighted by Crippen LogP contribution is -2.49. The summed E-state index contributed by atoms with van der Waals surface area (Å²) in [6.45, 7) is 0. The SMILES string of the molecule is COc1ccc(NC(=O)C(Sc2cccc(NC(=O)N3c4ccccc4SC4C=CC=CC43)c2)c2ccccc2)cc1Cl. The van der Waals surface area contributed by atoms with E-state index in [-0.39, 0.29) is 23.2 Å². The molecule has 1 aliphatic carbocycles. The first-order valence-electron chi connectivity index (χ1n) is 13.7. The number of fused-ring (bicyclic) bond motifs is 2. The number of thioether (sulfide) groups is 2. The number of allylic oxidation sites excluding steroid dienone is 2. The zero-order valence-corrected chi connectivity index (χ0v) is 25.5. The lowest BCUT2D eigenvalue weighted by Gasteiger charge is -2.40. The number of anilines is 3. The van der Waals surface area contributed by atoms with Gasteiger partial charge < -0.3 is 15.4 Å². The first-order chi connectivity index (χ1) is 21.0. The Balaban J connectivity index is 1.23. The van der Waals surface area contributed by atoms with Gasteiger partial charge in [-0.25, -0.2) is 4.79 Å². The van der Waals surface area contributed by atoms with Crippen molar-refractivity contribution in [3.63, 3.8) is 0 Å². The van der Waals surface area contributed by atoms with Gasteiger partial charge in [0.15, 0.2) is 0 Å². The van der Waals surface area contributed by atoms with Gasteiger partial charge in [0.05, 0.1) is 29.1 Å². The molecule has 6 rings (SSSR count). The molecule has 0 radical (unpaired) electrons. The van der Waals surface area contributed by atoms with Crippen molar-refractivity contribution in [2.24, 2.45) is 0 Å². The van der Waals surface area contributed by atoms with Gasteiger partial charge in [0.25, 0.3) is 0 Å². The first kappa shape index (κ1) is 29.0. The van der Waals surface area contributed by atoms with Gasteiger partial charge >= 0.3 is 6.03 Å². The van der Waals surface area contributed by atoms with Crippen LogP contribution in [0.15, 0.2) is 131 Å². The van der Waals surface area contributed by atoms with Crippen LogP contribution in [-0.4, -0.2) is 30.3 Å². The number of benzene rings is 4. The lowest BCUT2D eigenvalue weighted by molar-refractivity contribution is -0.115. The highest BCUT2D eigenvalue weighted by molar-refractivity contribution is 8.00. The molecular formula is C34H28ClN3O3S2. The molecule has 1 heterocycles. The van der Waals surface area contributed by atoms with Crippen LogP contribution in [0.3, 0.4) is 0 Å². The van der Waals surface area contributed by atoms with E-state index in [9.17, 15) is 9.59 Å². The molecule has 0 spiro atoms. The molecule has 216 valence electrons. The van der Waals surface area contributed by atoms with Gasteiger partial charge in [-0.1, -0.05) is 84.4 Å². The molecule has 9 heteroatoms. The quantitative estimate of drug-likeness (QED) is 0.201. The van der Waals surface area contributed by atoms with Crippen molar-refractivity contribution in [2.45, 2.75) is 26.3 Å². The molecule has 0 aromatic heterocycles. The third kappa shape index (κ3) is 6.46. The number of hydrogen-bond donors (Lipinski definition) is 2. The van der Waals surface area contributed by atoms with Crippen LogP contribution in [-0.2, 0) is 4.79 Å². The number of nitrogens with one attached hydrogen (secondary N) is 2. The first-order valence-corrected chi connectivity index (χ1v) is 15.8. The van der Waals surface area contributed by atoms with E-state index in [4.69, 9.17) is 16.3 Å². The topological polar surface area (TPSA) is 70.7 Å². The van der Waals surface area contributed by atoms with Crippen LogP contribution in [0.25, 0.3) is 0 Å². The third-order valence-electron chi connectivity index (χ3n) is 7.06. The maximum atomic E-state index is 13.8. The van der Waals surface area contributed by atoms with Crippen molar-refractivity contribution in [2.75, 3.05) is 22.6 Å². The molecule has 43 heavy (non-hydrogen) atoms. The highest BCUT2D eigenvalue weighted by Gasteiger charge is 2.36. The summed E-state index contributed by atoms with van der Waals surface area (Å²) in [6.07, 6.45) is 8.22. The molecule has 2 aliphatic rings. The Hall–Kier alpha value is -4.11. The molecule has 1 aliphatic heterocycles. The molecule has 0 saturated carbocycles. The van der Waals surface area contributed by atoms with E-state index < -0.39 is 5.25 Å². The zero-order chi connectivity index (χ0) is 29.8. The van der Waals surface area contributed by atoms with Crippen LogP contribution in [0.4, 0.5) is 21.9 Å². The monoisotopic (exact) mass is 625 g/mol. The fraction of sp³-hybridized carbons (Fsp3) is 0.118. The molecular weight excluding hydrogens is 598 g/mol. The second-order valence-electron chi connectivity index (χ2n) is 9.89. The molecule has 2 N–H and O–H groups in total. The van der Waals surface area contributed by atoms with Crippen LogP contribution < -0.4 is 20.3 Å². The van der Waals surface area contributed by atoms with Crippen molar-refractivity contribution in [1.82, 2.24) is 0 Å². The maximum absolute atomic E-state index is 13.8. The maximum Gasteiger partial charge on any atom is 0.326 e. The van der Waals surface area contributed by atoms with E-state index in [1.54, 1.807) is 37.1 Å².